The van der Waals surface area contributed by atoms with Crippen LogP contribution in [0, 0.1) is 5.92 Å². The van der Waals surface area contributed by atoms with Gasteiger partial charge in [0, 0.05) is 25.3 Å². The van der Waals surface area contributed by atoms with Crippen LogP contribution in [0.5, 0.6) is 0 Å². The third kappa shape index (κ3) is 3.12. The molecule has 1 aliphatic heterocycles. The highest BCUT2D eigenvalue weighted by Crippen LogP contribution is 2.28. The molecule has 2 rings (SSSR count). The first-order valence-corrected chi connectivity index (χ1v) is 7.19. The average molecular weight is 251 g/mol. The highest BCUT2D eigenvalue weighted by molar-refractivity contribution is 5.09. The normalized spacial score (nSPS) is 21.3. The summed E-state index contributed by atoms with van der Waals surface area (Å²) >= 11 is 0. The first kappa shape index (κ1) is 13.6. The van der Waals surface area contributed by atoms with Crippen molar-refractivity contribution in [2.75, 3.05) is 19.8 Å². The van der Waals surface area contributed by atoms with Crippen molar-refractivity contribution in [2.45, 2.75) is 45.7 Å². The van der Waals surface area contributed by atoms with Gasteiger partial charge in [0.1, 0.15) is 0 Å². The highest BCUT2D eigenvalue weighted by Gasteiger charge is 2.28. The zero-order valence-corrected chi connectivity index (χ0v) is 11.6. The number of nitrogens with zero attached hydrogens (tertiary/aromatic N) is 2. The Morgan fingerprint density at radius 2 is 2.39 bits per heavy atom. The number of hydrogen-bond donors (Lipinski definition) is 1. The Morgan fingerprint density at radius 1 is 1.50 bits per heavy atom. The smallest absolute Gasteiger partial charge is 0.0557 e. The molecule has 1 aliphatic rings. The number of hydrogen-bond acceptors (Lipinski definition) is 3. The molecule has 1 fully saturated rings. The lowest BCUT2D eigenvalue weighted by atomic mass is 9.96. The Morgan fingerprint density at radius 3 is 3.06 bits per heavy atom. The minimum absolute atomic E-state index is 0.390. The van der Waals surface area contributed by atoms with Gasteiger partial charge in [0.2, 0.25) is 0 Å². The van der Waals surface area contributed by atoms with Gasteiger partial charge in [-0.2, -0.15) is 5.10 Å². The van der Waals surface area contributed by atoms with Crippen LogP contribution in [-0.4, -0.2) is 29.5 Å². The maximum atomic E-state index is 5.55. The quantitative estimate of drug-likeness (QED) is 0.808. The fourth-order valence-corrected chi connectivity index (χ4v) is 2.63. The van der Waals surface area contributed by atoms with Gasteiger partial charge < -0.3 is 10.1 Å². The fraction of sp³-hybridized carbons (Fsp3) is 0.786. The Kier molecular flexibility index (Phi) is 5.20. The number of aromatic nitrogens is 2. The Bertz CT molecular complexity index is 345. The van der Waals surface area contributed by atoms with Crippen molar-refractivity contribution in [1.29, 1.82) is 0 Å². The molecule has 0 aromatic carbocycles. The lowest BCUT2D eigenvalue weighted by Crippen LogP contribution is -2.31. The predicted molar refractivity (Wildman–Crippen MR) is 72.5 cm³/mol. The van der Waals surface area contributed by atoms with E-state index in [0.29, 0.717) is 12.0 Å². The van der Waals surface area contributed by atoms with E-state index in [-0.39, 0.29) is 0 Å². The average Bonchev–Trinajstić information content (AvgIpc) is 3.02. The van der Waals surface area contributed by atoms with Crippen LogP contribution in [0.2, 0.25) is 0 Å². The standard InChI is InChI=1S/C14H25N3O/c1-3-7-15-14(12-6-10-18-11-12)13-5-8-16-17(13)9-4-2/h5,8,12,14-15H,3-4,6-7,9-11H2,1-2H3. The van der Waals surface area contributed by atoms with Crippen molar-refractivity contribution in [1.82, 2.24) is 15.1 Å². The van der Waals surface area contributed by atoms with Crippen LogP contribution in [-0.2, 0) is 11.3 Å². The van der Waals surface area contributed by atoms with Gasteiger partial charge in [-0.3, -0.25) is 4.68 Å². The van der Waals surface area contributed by atoms with Gasteiger partial charge in [-0.15, -0.1) is 0 Å². The van der Waals surface area contributed by atoms with E-state index in [1.807, 2.05) is 6.20 Å². The summed E-state index contributed by atoms with van der Waals surface area (Å²) in [5, 5.41) is 8.11. The summed E-state index contributed by atoms with van der Waals surface area (Å²) < 4.78 is 7.69. The van der Waals surface area contributed by atoms with Crippen LogP contribution in [0.4, 0.5) is 0 Å². The third-order valence-electron chi connectivity index (χ3n) is 3.55. The minimum Gasteiger partial charge on any atom is -0.381 e. The predicted octanol–water partition coefficient (Wildman–Crippen LogP) is 2.37. The van der Waals surface area contributed by atoms with Crippen LogP contribution >= 0.6 is 0 Å². The van der Waals surface area contributed by atoms with Crippen molar-refractivity contribution in [3.05, 3.63) is 18.0 Å². The third-order valence-corrected chi connectivity index (χ3v) is 3.55. The first-order valence-electron chi connectivity index (χ1n) is 7.19. The zero-order chi connectivity index (χ0) is 12.8. The van der Waals surface area contributed by atoms with Crippen molar-refractivity contribution in [2.24, 2.45) is 5.92 Å². The summed E-state index contributed by atoms with van der Waals surface area (Å²) in [6, 6.07) is 2.54. The molecule has 1 aromatic heterocycles. The van der Waals surface area contributed by atoms with Gasteiger partial charge in [0.15, 0.2) is 0 Å². The second-order valence-corrected chi connectivity index (χ2v) is 5.03. The number of rotatable bonds is 7. The van der Waals surface area contributed by atoms with E-state index in [4.69, 9.17) is 4.74 Å². The van der Waals surface area contributed by atoms with Crippen LogP contribution in [0.3, 0.4) is 0 Å². The van der Waals surface area contributed by atoms with E-state index in [0.717, 1.165) is 45.6 Å². The SMILES string of the molecule is CCCNC(c1ccnn1CCC)C1CCOC1. The molecule has 1 saturated heterocycles. The molecular formula is C14H25N3O. The van der Waals surface area contributed by atoms with Crippen molar-refractivity contribution < 1.29 is 4.74 Å². The topological polar surface area (TPSA) is 39.1 Å². The maximum absolute atomic E-state index is 5.55. The van der Waals surface area contributed by atoms with Gasteiger partial charge in [-0.05, 0) is 31.9 Å². The monoisotopic (exact) mass is 251 g/mol. The Balaban J connectivity index is 2.12. The molecule has 18 heavy (non-hydrogen) atoms. The molecule has 1 N–H and O–H groups in total. The van der Waals surface area contributed by atoms with Crippen molar-refractivity contribution >= 4 is 0 Å². The molecule has 0 bridgehead atoms. The summed E-state index contributed by atoms with van der Waals surface area (Å²) in [7, 11) is 0. The second-order valence-electron chi connectivity index (χ2n) is 5.03. The van der Waals surface area contributed by atoms with Gasteiger partial charge in [-0.25, -0.2) is 0 Å². The maximum Gasteiger partial charge on any atom is 0.0557 e. The van der Waals surface area contributed by atoms with E-state index in [1.165, 1.54) is 5.69 Å². The van der Waals surface area contributed by atoms with Gasteiger partial charge in [0.05, 0.1) is 18.3 Å². The van der Waals surface area contributed by atoms with Crippen LogP contribution in [0.25, 0.3) is 0 Å². The molecule has 2 heterocycles. The highest BCUT2D eigenvalue weighted by atomic mass is 16.5. The van der Waals surface area contributed by atoms with Gasteiger partial charge in [0.25, 0.3) is 0 Å². The molecule has 0 amide bonds. The summed E-state index contributed by atoms with van der Waals surface area (Å²) in [6.07, 6.45) is 5.35. The molecule has 0 saturated carbocycles. The molecule has 2 unspecified atom stereocenters. The molecule has 0 aliphatic carbocycles. The fourth-order valence-electron chi connectivity index (χ4n) is 2.63. The van der Waals surface area contributed by atoms with E-state index >= 15 is 0 Å². The molecule has 4 nitrogen and oxygen atoms in total. The summed E-state index contributed by atoms with van der Waals surface area (Å²) in [6.45, 7) is 8.23. The Hall–Kier alpha value is -0.870. The van der Waals surface area contributed by atoms with Crippen LogP contribution in [0.15, 0.2) is 12.3 Å². The summed E-state index contributed by atoms with van der Waals surface area (Å²) in [4.78, 5) is 0. The first-order chi connectivity index (χ1) is 8.86. The number of ether oxygens (including phenoxy) is 1. The molecule has 0 radical (unpaired) electrons. The molecule has 4 heteroatoms. The molecule has 2 atom stereocenters. The Labute approximate surface area is 110 Å². The van der Waals surface area contributed by atoms with E-state index < -0.39 is 0 Å². The number of nitrogens with one attached hydrogen (secondary N) is 1. The molecular weight excluding hydrogens is 226 g/mol. The summed E-state index contributed by atoms with van der Waals surface area (Å²) in [5.74, 6) is 0.587. The van der Waals surface area contributed by atoms with Crippen LogP contribution < -0.4 is 5.32 Å². The summed E-state index contributed by atoms with van der Waals surface area (Å²) in [5.41, 5.74) is 1.32. The number of aryl methyl sites for hydroxylation is 1. The largest absolute Gasteiger partial charge is 0.381 e. The molecule has 1 aromatic rings. The van der Waals surface area contributed by atoms with Crippen LogP contribution in [0.1, 0.15) is 44.8 Å². The van der Waals surface area contributed by atoms with E-state index in [9.17, 15) is 0 Å². The zero-order valence-electron chi connectivity index (χ0n) is 11.6. The van der Waals surface area contributed by atoms with Crippen molar-refractivity contribution in [3.63, 3.8) is 0 Å². The van der Waals surface area contributed by atoms with E-state index in [2.05, 4.69) is 35.0 Å². The molecule has 0 spiro atoms. The van der Waals surface area contributed by atoms with E-state index in [1.54, 1.807) is 0 Å². The second kappa shape index (κ2) is 6.90. The molecule has 102 valence electrons. The van der Waals surface area contributed by atoms with Crippen molar-refractivity contribution in [3.8, 4) is 0 Å². The minimum atomic E-state index is 0.390. The van der Waals surface area contributed by atoms with Gasteiger partial charge >= 0.3 is 0 Å². The lowest BCUT2D eigenvalue weighted by Gasteiger charge is -2.24. The lowest BCUT2D eigenvalue weighted by molar-refractivity contribution is 0.175. The van der Waals surface area contributed by atoms with Gasteiger partial charge in [-0.1, -0.05) is 13.8 Å².